The molecule has 1 heterocycles. The fourth-order valence-electron chi connectivity index (χ4n) is 2.37. The Balaban J connectivity index is 2.14. The lowest BCUT2D eigenvalue weighted by Gasteiger charge is -2.29. The molecule has 0 aliphatic carbocycles. The molecule has 0 aromatic heterocycles. The van der Waals surface area contributed by atoms with Gasteiger partial charge in [-0.1, -0.05) is 18.2 Å². The molecule has 1 aliphatic rings. The molecule has 0 unspecified atom stereocenters. The molecule has 1 aromatic carbocycles. The van der Waals surface area contributed by atoms with E-state index in [1.807, 2.05) is 30.3 Å². The van der Waals surface area contributed by atoms with Crippen LogP contribution in [0.2, 0.25) is 0 Å². The summed E-state index contributed by atoms with van der Waals surface area (Å²) in [5, 5.41) is 12.1. The van der Waals surface area contributed by atoms with Gasteiger partial charge in [0.2, 0.25) is 0 Å². The summed E-state index contributed by atoms with van der Waals surface area (Å²) < 4.78 is 4.91. The number of methoxy groups -OCH3 is 1. The number of carbonyl (C=O) groups excluding carboxylic acids is 1. The minimum atomic E-state index is -0.255. The summed E-state index contributed by atoms with van der Waals surface area (Å²) in [7, 11) is 1.60. The maximum atomic E-state index is 12.5. The van der Waals surface area contributed by atoms with E-state index in [9.17, 15) is 10.1 Å². The molecule has 1 aliphatic heterocycles. The van der Waals surface area contributed by atoms with Gasteiger partial charge >= 0.3 is 0 Å². The average molecular weight is 285 g/mol. The van der Waals surface area contributed by atoms with E-state index in [1.165, 1.54) is 6.20 Å². The molecule has 0 atom stereocenters. The third-order valence-corrected chi connectivity index (χ3v) is 3.40. The first-order valence-corrected chi connectivity index (χ1v) is 7.00. The maximum Gasteiger partial charge on any atom is 0.270 e. The highest BCUT2D eigenvalue weighted by atomic mass is 16.5. The second kappa shape index (κ2) is 7.46. The second-order valence-corrected chi connectivity index (χ2v) is 4.81. The van der Waals surface area contributed by atoms with Crippen LogP contribution in [0.5, 0.6) is 0 Å². The predicted molar refractivity (Wildman–Crippen MR) is 80.7 cm³/mol. The van der Waals surface area contributed by atoms with Crippen LogP contribution in [0.15, 0.2) is 36.0 Å². The molecule has 21 heavy (non-hydrogen) atoms. The molecule has 0 saturated heterocycles. The first-order valence-electron chi connectivity index (χ1n) is 7.00. The fraction of sp³-hybridized carbons (Fsp3) is 0.375. The Morgan fingerprint density at radius 3 is 3.10 bits per heavy atom. The number of hydrogen-bond donors (Lipinski definition) is 1. The largest absolute Gasteiger partial charge is 0.387 e. The minimum Gasteiger partial charge on any atom is -0.387 e. The number of aryl methyl sites for hydroxylation is 1. The molecule has 0 saturated carbocycles. The Bertz CT molecular complexity index is 575. The summed E-state index contributed by atoms with van der Waals surface area (Å²) in [4.78, 5) is 14.2. The van der Waals surface area contributed by atoms with Crippen molar-refractivity contribution in [3.8, 4) is 6.07 Å². The average Bonchev–Trinajstić information content (AvgIpc) is 2.54. The van der Waals surface area contributed by atoms with Crippen LogP contribution in [0, 0.1) is 11.3 Å². The molecular weight excluding hydrogens is 266 g/mol. The Kier molecular flexibility index (Phi) is 5.35. The van der Waals surface area contributed by atoms with Gasteiger partial charge < -0.3 is 15.0 Å². The number of fused-ring (bicyclic) bond motifs is 1. The highest BCUT2D eigenvalue weighted by molar-refractivity contribution is 6.08. The standard InChI is InChI=1S/C16H19N3O2/c1-21-10-8-18-12-14(11-17)16(20)19-9-4-6-13-5-2-3-7-15(13)19/h2-3,5,7,12,18H,4,6,8-10H2,1H3/b14-12-. The summed E-state index contributed by atoms with van der Waals surface area (Å²) in [6.07, 6.45) is 3.36. The van der Waals surface area contributed by atoms with Gasteiger partial charge in [-0.25, -0.2) is 0 Å². The number of carbonyl (C=O) groups is 1. The van der Waals surface area contributed by atoms with Crippen molar-refractivity contribution in [2.24, 2.45) is 0 Å². The molecule has 1 aromatic rings. The van der Waals surface area contributed by atoms with Crippen molar-refractivity contribution in [3.05, 3.63) is 41.6 Å². The van der Waals surface area contributed by atoms with Gasteiger partial charge in [-0.05, 0) is 24.5 Å². The van der Waals surface area contributed by atoms with Crippen LogP contribution >= 0.6 is 0 Å². The third kappa shape index (κ3) is 3.61. The zero-order chi connectivity index (χ0) is 15.1. The molecule has 5 heteroatoms. The van der Waals surface area contributed by atoms with Crippen LogP contribution in [0.4, 0.5) is 5.69 Å². The van der Waals surface area contributed by atoms with E-state index in [2.05, 4.69) is 5.32 Å². The van der Waals surface area contributed by atoms with Crippen molar-refractivity contribution in [1.29, 1.82) is 5.26 Å². The molecule has 2 rings (SSSR count). The molecule has 5 nitrogen and oxygen atoms in total. The summed E-state index contributed by atoms with van der Waals surface area (Å²) in [6.45, 7) is 1.73. The lowest BCUT2D eigenvalue weighted by atomic mass is 10.0. The SMILES string of the molecule is COCCN/C=C(/C#N)C(=O)N1CCCc2ccccc21. The lowest BCUT2D eigenvalue weighted by Crippen LogP contribution is -2.36. The number of ether oxygens (including phenoxy) is 1. The first kappa shape index (κ1) is 15.1. The van der Waals surface area contributed by atoms with Gasteiger partial charge in [0, 0.05) is 32.1 Å². The molecular formula is C16H19N3O2. The van der Waals surface area contributed by atoms with Crippen LogP contribution in [-0.2, 0) is 16.0 Å². The molecule has 1 amide bonds. The molecule has 0 bridgehead atoms. The topological polar surface area (TPSA) is 65.4 Å². The molecule has 110 valence electrons. The molecule has 0 fully saturated rings. The number of benzene rings is 1. The van der Waals surface area contributed by atoms with Gasteiger partial charge in [0.05, 0.1) is 6.61 Å². The van der Waals surface area contributed by atoms with Crippen molar-refractivity contribution in [2.75, 3.05) is 31.7 Å². The van der Waals surface area contributed by atoms with Gasteiger partial charge in [-0.15, -0.1) is 0 Å². The monoisotopic (exact) mass is 285 g/mol. The normalized spacial score (nSPS) is 14.3. The first-order chi connectivity index (χ1) is 10.3. The number of nitrogens with one attached hydrogen (secondary N) is 1. The predicted octanol–water partition coefficient (Wildman–Crippen LogP) is 1.61. The highest BCUT2D eigenvalue weighted by Gasteiger charge is 2.24. The van der Waals surface area contributed by atoms with Crippen LogP contribution in [0.3, 0.4) is 0 Å². The molecule has 1 N–H and O–H groups in total. The zero-order valence-corrected chi connectivity index (χ0v) is 12.1. The van der Waals surface area contributed by atoms with Crippen LogP contribution in [0.1, 0.15) is 12.0 Å². The van der Waals surface area contributed by atoms with E-state index in [-0.39, 0.29) is 11.5 Å². The van der Waals surface area contributed by atoms with E-state index in [1.54, 1.807) is 12.0 Å². The summed E-state index contributed by atoms with van der Waals surface area (Å²) >= 11 is 0. The number of para-hydroxylation sites is 1. The Hall–Kier alpha value is -2.32. The van der Waals surface area contributed by atoms with E-state index in [0.717, 1.165) is 24.1 Å². The number of amides is 1. The van der Waals surface area contributed by atoms with Crippen LogP contribution in [0.25, 0.3) is 0 Å². The number of anilines is 1. The van der Waals surface area contributed by atoms with Gasteiger partial charge in [0.15, 0.2) is 0 Å². The highest BCUT2D eigenvalue weighted by Crippen LogP contribution is 2.27. The van der Waals surface area contributed by atoms with Crippen molar-refractivity contribution >= 4 is 11.6 Å². The third-order valence-electron chi connectivity index (χ3n) is 3.40. The Morgan fingerprint density at radius 1 is 1.52 bits per heavy atom. The van der Waals surface area contributed by atoms with E-state index < -0.39 is 0 Å². The van der Waals surface area contributed by atoms with E-state index >= 15 is 0 Å². The smallest absolute Gasteiger partial charge is 0.270 e. The number of nitriles is 1. The molecule has 0 radical (unpaired) electrons. The zero-order valence-electron chi connectivity index (χ0n) is 12.1. The molecule has 0 spiro atoms. The van der Waals surface area contributed by atoms with Gasteiger partial charge in [-0.2, -0.15) is 5.26 Å². The van der Waals surface area contributed by atoms with Crippen molar-refractivity contribution in [1.82, 2.24) is 5.32 Å². The summed E-state index contributed by atoms with van der Waals surface area (Å²) in [6, 6.07) is 9.82. The number of hydrogen-bond acceptors (Lipinski definition) is 4. The van der Waals surface area contributed by atoms with Crippen molar-refractivity contribution in [2.45, 2.75) is 12.8 Å². The Labute approximate surface area is 124 Å². The van der Waals surface area contributed by atoms with Crippen molar-refractivity contribution < 1.29 is 9.53 Å². The summed E-state index contributed by atoms with van der Waals surface area (Å²) in [5.74, 6) is -0.255. The Morgan fingerprint density at radius 2 is 2.33 bits per heavy atom. The summed E-state index contributed by atoms with van der Waals surface area (Å²) in [5.41, 5.74) is 2.18. The van der Waals surface area contributed by atoms with Gasteiger partial charge in [-0.3, -0.25) is 4.79 Å². The van der Waals surface area contributed by atoms with Crippen LogP contribution < -0.4 is 10.2 Å². The fourth-order valence-corrected chi connectivity index (χ4v) is 2.37. The van der Waals surface area contributed by atoms with Gasteiger partial charge in [0.1, 0.15) is 11.6 Å². The quantitative estimate of drug-likeness (QED) is 0.507. The van der Waals surface area contributed by atoms with E-state index in [0.29, 0.717) is 19.7 Å². The minimum absolute atomic E-state index is 0.114. The second-order valence-electron chi connectivity index (χ2n) is 4.81. The van der Waals surface area contributed by atoms with Crippen LogP contribution in [-0.4, -0.2) is 32.7 Å². The number of rotatable bonds is 5. The lowest BCUT2D eigenvalue weighted by molar-refractivity contribution is -0.114. The van der Waals surface area contributed by atoms with E-state index in [4.69, 9.17) is 4.74 Å². The number of nitrogens with zero attached hydrogens (tertiary/aromatic N) is 2. The van der Waals surface area contributed by atoms with Gasteiger partial charge in [0.25, 0.3) is 5.91 Å². The van der Waals surface area contributed by atoms with Crippen molar-refractivity contribution in [3.63, 3.8) is 0 Å². The maximum absolute atomic E-state index is 12.5.